The Labute approximate surface area is 337 Å². The fourth-order valence-electron chi connectivity index (χ4n) is 9.14. The zero-order valence-corrected chi connectivity index (χ0v) is 34.0. The minimum absolute atomic E-state index is 0.0365. The molecule has 1 aromatic carbocycles. The maximum Gasteiger partial charge on any atom is 0.411 e. The van der Waals surface area contributed by atoms with Crippen molar-refractivity contribution in [3.05, 3.63) is 47.0 Å². The number of alkyl carbamates (subject to hydrolysis) is 1. The number of aliphatic hydroxyl groups excluding tert-OH is 2. The molecule has 59 heavy (non-hydrogen) atoms. The van der Waals surface area contributed by atoms with Crippen LogP contribution in [0.25, 0.3) is 0 Å². The number of carbonyl (C=O) groups excluding carboxylic acids is 6. The lowest BCUT2D eigenvalue weighted by atomic mass is 9.44. The van der Waals surface area contributed by atoms with Gasteiger partial charge in [-0.3, -0.25) is 14.4 Å². The summed E-state index contributed by atoms with van der Waals surface area (Å²) in [6.07, 6.45) is -19.9. The van der Waals surface area contributed by atoms with E-state index < -0.39 is 131 Å². The normalized spacial score (nSPS) is 33.6. The topological polar surface area (TPSA) is 231 Å². The highest BCUT2D eigenvalue weighted by molar-refractivity contribution is 5.95. The van der Waals surface area contributed by atoms with Crippen LogP contribution in [0.4, 0.5) is 18.0 Å². The second-order valence-electron chi connectivity index (χ2n) is 17.3. The number of carbonyl (C=O) groups is 6. The van der Waals surface area contributed by atoms with Gasteiger partial charge in [-0.15, -0.1) is 0 Å². The van der Waals surface area contributed by atoms with E-state index in [9.17, 15) is 52.5 Å². The molecule has 16 nitrogen and oxygen atoms in total. The van der Waals surface area contributed by atoms with Gasteiger partial charge in [0.05, 0.1) is 29.6 Å². The van der Waals surface area contributed by atoms with Gasteiger partial charge in [-0.05, 0) is 57.9 Å². The Morgan fingerprint density at radius 3 is 2.08 bits per heavy atom. The van der Waals surface area contributed by atoms with Crippen molar-refractivity contribution < 1.29 is 85.7 Å². The van der Waals surface area contributed by atoms with E-state index >= 15 is 4.79 Å². The van der Waals surface area contributed by atoms with E-state index in [1.165, 1.54) is 78.0 Å². The molecule has 326 valence electrons. The third kappa shape index (κ3) is 7.93. The van der Waals surface area contributed by atoms with Crippen molar-refractivity contribution in [2.75, 3.05) is 6.61 Å². The maximum atomic E-state index is 15.3. The average Bonchev–Trinajstić information content (AvgIpc) is 3.10. The van der Waals surface area contributed by atoms with Crippen LogP contribution in [-0.4, -0.2) is 123 Å². The number of Topliss-reactive ketones (excluding diaryl/α,β-unsaturated/α-hetero) is 1. The van der Waals surface area contributed by atoms with Crippen LogP contribution in [0.15, 0.2) is 41.5 Å². The molecule has 0 unspecified atom stereocenters. The van der Waals surface area contributed by atoms with Gasteiger partial charge in [0.2, 0.25) is 0 Å². The van der Waals surface area contributed by atoms with Crippen molar-refractivity contribution in [2.45, 2.75) is 141 Å². The van der Waals surface area contributed by atoms with Gasteiger partial charge in [-0.2, -0.15) is 13.2 Å². The summed E-state index contributed by atoms with van der Waals surface area (Å²) < 4.78 is 76.9. The van der Waals surface area contributed by atoms with Crippen molar-refractivity contribution >= 4 is 35.8 Å². The van der Waals surface area contributed by atoms with Gasteiger partial charge in [0.1, 0.15) is 29.5 Å². The fourth-order valence-corrected chi connectivity index (χ4v) is 9.14. The van der Waals surface area contributed by atoms with E-state index in [0.717, 1.165) is 13.8 Å². The Hall–Kier alpha value is -4.59. The summed E-state index contributed by atoms with van der Waals surface area (Å²) in [4.78, 5) is 81.0. The number of ether oxygens (including phenoxy) is 6. The molecule has 19 heteroatoms. The van der Waals surface area contributed by atoms with E-state index in [0.29, 0.717) is 0 Å². The number of hydrogen-bond acceptors (Lipinski definition) is 15. The highest BCUT2D eigenvalue weighted by Gasteiger charge is 2.78. The second-order valence-corrected chi connectivity index (χ2v) is 17.3. The van der Waals surface area contributed by atoms with E-state index in [2.05, 4.69) is 0 Å². The third-order valence-electron chi connectivity index (χ3n) is 12.0. The molecule has 4 aliphatic rings. The number of ketones is 1. The van der Waals surface area contributed by atoms with Crippen LogP contribution in [0.1, 0.15) is 85.5 Å². The molecule has 1 aliphatic heterocycles. The first-order valence-corrected chi connectivity index (χ1v) is 18.9. The van der Waals surface area contributed by atoms with Crippen LogP contribution in [0.5, 0.6) is 0 Å². The quantitative estimate of drug-likeness (QED) is 0.168. The van der Waals surface area contributed by atoms with Gasteiger partial charge < -0.3 is 49.1 Å². The third-order valence-corrected chi connectivity index (χ3v) is 12.0. The van der Waals surface area contributed by atoms with Crippen LogP contribution in [0.3, 0.4) is 0 Å². The van der Waals surface area contributed by atoms with E-state index in [4.69, 9.17) is 28.4 Å². The van der Waals surface area contributed by atoms with Crippen LogP contribution < -0.4 is 5.32 Å². The van der Waals surface area contributed by atoms with E-state index in [1.54, 1.807) is 6.07 Å². The summed E-state index contributed by atoms with van der Waals surface area (Å²) in [6.45, 7) is 11.1. The molecule has 1 amide bonds. The maximum absolute atomic E-state index is 15.3. The molecular weight excluding hydrogens is 791 g/mol. The molecule has 1 heterocycles. The molecule has 1 saturated heterocycles. The number of hydrogen-bond donors (Lipinski definition) is 4. The number of fused-ring (bicyclic) bond motifs is 5. The van der Waals surface area contributed by atoms with Crippen LogP contribution in [-0.2, 0) is 47.6 Å². The molecule has 5 rings (SSSR count). The Bertz CT molecular complexity index is 1910. The van der Waals surface area contributed by atoms with Crippen molar-refractivity contribution in [3.63, 3.8) is 0 Å². The summed E-state index contributed by atoms with van der Waals surface area (Å²) in [5, 5.41) is 37.6. The fraction of sp³-hybridized carbons (Fsp3) is 0.650. The molecule has 0 radical (unpaired) electrons. The Kier molecular flexibility index (Phi) is 11.9. The Morgan fingerprint density at radius 2 is 1.58 bits per heavy atom. The zero-order valence-electron chi connectivity index (χ0n) is 34.0. The summed E-state index contributed by atoms with van der Waals surface area (Å²) in [5.74, 6) is -7.59. The lowest BCUT2D eigenvalue weighted by Crippen LogP contribution is -2.82. The number of aliphatic hydroxyl groups is 3. The highest BCUT2D eigenvalue weighted by atomic mass is 19.4. The molecule has 0 aromatic heterocycles. The molecule has 2 bridgehead atoms. The standard InChI is InChI=1S/C40H50F3NO15/c1-18-22(56-33(51)26(48)29(40(41,42)43)44-34(52)59-35(4,5)6)16-39(53)31(57-32(50)21-13-11-10-12-14-21)28-37(9,23(47)15-24-38(28,17-54-24)58-20(3)46)30(49)27(55-19(2)45)25(18)36(39,7)8/h10-14,22-24,26-29,31,47-48,53H,15-17H2,1-9H3,(H,44,52)/t22-,23-,24+,26+,27+,28-,29+,31-,37+,38-,39+/m0/s1. The van der Waals surface area contributed by atoms with Gasteiger partial charge in [-0.1, -0.05) is 32.0 Å². The van der Waals surface area contributed by atoms with Crippen molar-refractivity contribution in [3.8, 4) is 0 Å². The molecular formula is C40H50F3NO15. The number of halogens is 3. The van der Waals surface area contributed by atoms with Crippen molar-refractivity contribution in [2.24, 2.45) is 16.7 Å². The minimum Gasteiger partial charge on any atom is -0.456 e. The predicted molar refractivity (Wildman–Crippen MR) is 194 cm³/mol. The van der Waals surface area contributed by atoms with Crippen LogP contribution >= 0.6 is 0 Å². The van der Waals surface area contributed by atoms with Crippen LogP contribution in [0.2, 0.25) is 0 Å². The van der Waals surface area contributed by atoms with Gasteiger partial charge >= 0.3 is 36.1 Å². The number of esters is 4. The lowest BCUT2D eigenvalue weighted by Gasteiger charge is -2.67. The monoisotopic (exact) mass is 841 g/mol. The average molecular weight is 842 g/mol. The van der Waals surface area contributed by atoms with Gasteiger partial charge in [-0.25, -0.2) is 14.4 Å². The number of amides is 1. The summed E-state index contributed by atoms with van der Waals surface area (Å²) in [6, 6.07) is 4.16. The van der Waals surface area contributed by atoms with Crippen molar-refractivity contribution in [1.82, 2.24) is 5.32 Å². The first-order valence-electron chi connectivity index (χ1n) is 18.9. The lowest BCUT2D eigenvalue weighted by molar-refractivity contribution is -0.346. The highest BCUT2D eigenvalue weighted by Crippen LogP contribution is 2.64. The number of nitrogens with one attached hydrogen (secondary N) is 1. The second kappa shape index (κ2) is 15.5. The first kappa shape index (κ1) is 45.5. The van der Waals surface area contributed by atoms with Gasteiger partial charge in [0.25, 0.3) is 0 Å². The summed E-state index contributed by atoms with van der Waals surface area (Å²) in [5.41, 5.74) is -10.1. The summed E-state index contributed by atoms with van der Waals surface area (Å²) >= 11 is 0. The molecule has 2 saturated carbocycles. The molecule has 3 fully saturated rings. The van der Waals surface area contributed by atoms with Gasteiger partial charge in [0.15, 0.2) is 29.6 Å². The molecule has 3 aliphatic carbocycles. The van der Waals surface area contributed by atoms with Crippen LogP contribution in [0, 0.1) is 16.7 Å². The number of rotatable bonds is 8. The SMILES string of the molecule is CC(=O)O[C@H]1C(=O)[C@@]2(C)[C@H]([C@H](OC(=O)c3ccccc3)[C@]3(O)C[C@H](OC(=O)[C@H](O)[C@@H](NC(=O)OC(C)(C)C)C(F)(F)F)C(C)=C1C3(C)C)[C@]1(OC(C)=O)CO[C@@H]1C[C@@H]2O. The summed E-state index contributed by atoms with van der Waals surface area (Å²) in [7, 11) is 0. The Morgan fingerprint density at radius 1 is 0.966 bits per heavy atom. The van der Waals surface area contributed by atoms with E-state index in [1.807, 2.05) is 0 Å². The van der Waals surface area contributed by atoms with E-state index in [-0.39, 0.29) is 23.1 Å². The number of benzene rings is 1. The largest absolute Gasteiger partial charge is 0.456 e. The zero-order chi connectivity index (χ0) is 44.4. The smallest absolute Gasteiger partial charge is 0.411 e. The van der Waals surface area contributed by atoms with Crippen molar-refractivity contribution in [1.29, 1.82) is 0 Å². The first-order chi connectivity index (χ1) is 27.0. The predicted octanol–water partition coefficient (Wildman–Crippen LogP) is 3.02. The minimum atomic E-state index is -5.44. The Balaban J connectivity index is 1.74. The van der Waals surface area contributed by atoms with Gasteiger partial charge in [0, 0.05) is 32.1 Å². The number of alkyl halides is 3. The molecule has 4 N–H and O–H groups in total. The molecule has 0 spiro atoms. The molecule has 1 aromatic rings. The molecule has 11 atom stereocenters.